The molecule has 1 aliphatic heterocycles. The Morgan fingerprint density at radius 1 is 0.971 bits per heavy atom. The van der Waals surface area contributed by atoms with Gasteiger partial charge in [-0.15, -0.1) is 0 Å². The third-order valence-corrected chi connectivity index (χ3v) is 8.13. The standard InChI is InChI=1S/C28H33N3O4/c1-17(19-10-8-7-9-11-19)30(26(35)24-27(3,4)28(24,5)6)22-16-23(33)31(25(22)34)21-14-12-20(13-15-21)29-18(2)32/h7-15,17,22,24H,16H2,1-6H3,(H,29,32). The molecule has 35 heavy (non-hydrogen) atoms. The minimum Gasteiger partial charge on any atom is -0.326 e. The molecule has 7 heteroatoms. The largest absolute Gasteiger partial charge is 0.326 e. The molecule has 4 amide bonds. The van der Waals surface area contributed by atoms with Gasteiger partial charge in [-0.1, -0.05) is 58.0 Å². The highest BCUT2D eigenvalue weighted by molar-refractivity contribution is 6.23. The zero-order chi connectivity index (χ0) is 25.7. The first-order valence-electron chi connectivity index (χ1n) is 12.0. The molecule has 0 aromatic heterocycles. The number of nitrogens with zero attached hydrogens (tertiary/aromatic N) is 2. The van der Waals surface area contributed by atoms with E-state index in [1.165, 1.54) is 6.92 Å². The van der Waals surface area contributed by atoms with E-state index in [4.69, 9.17) is 0 Å². The molecule has 0 spiro atoms. The van der Waals surface area contributed by atoms with E-state index in [-0.39, 0.29) is 46.9 Å². The number of rotatable bonds is 6. The van der Waals surface area contributed by atoms with Crippen LogP contribution in [0, 0.1) is 16.7 Å². The molecule has 184 valence electrons. The van der Waals surface area contributed by atoms with E-state index in [9.17, 15) is 19.2 Å². The zero-order valence-corrected chi connectivity index (χ0v) is 21.2. The topological polar surface area (TPSA) is 86.8 Å². The molecule has 1 saturated heterocycles. The number of anilines is 2. The molecule has 1 heterocycles. The van der Waals surface area contributed by atoms with Crippen LogP contribution in [0.3, 0.4) is 0 Å². The fourth-order valence-corrected chi connectivity index (χ4v) is 5.47. The summed E-state index contributed by atoms with van der Waals surface area (Å²) in [6, 6.07) is 14.9. The van der Waals surface area contributed by atoms with Crippen molar-refractivity contribution in [2.24, 2.45) is 16.7 Å². The zero-order valence-electron chi connectivity index (χ0n) is 21.2. The molecule has 1 aliphatic carbocycles. The average molecular weight is 476 g/mol. The molecule has 2 fully saturated rings. The van der Waals surface area contributed by atoms with Crippen LogP contribution >= 0.6 is 0 Å². The highest BCUT2D eigenvalue weighted by Gasteiger charge is 2.69. The average Bonchev–Trinajstić information content (AvgIpc) is 3.03. The number of nitrogens with one attached hydrogen (secondary N) is 1. The molecular formula is C28H33N3O4. The number of imide groups is 1. The summed E-state index contributed by atoms with van der Waals surface area (Å²) in [5, 5.41) is 2.67. The Kier molecular flexibility index (Phi) is 6.07. The monoisotopic (exact) mass is 475 g/mol. The predicted octanol–water partition coefficient (Wildman–Crippen LogP) is 4.55. The summed E-state index contributed by atoms with van der Waals surface area (Å²) in [4.78, 5) is 54.8. The third-order valence-electron chi connectivity index (χ3n) is 8.13. The maximum atomic E-state index is 14.0. The van der Waals surface area contributed by atoms with Gasteiger partial charge >= 0.3 is 0 Å². The second-order valence-corrected chi connectivity index (χ2v) is 10.7. The van der Waals surface area contributed by atoms with Crippen LogP contribution in [0.1, 0.15) is 59.6 Å². The lowest BCUT2D eigenvalue weighted by Gasteiger charge is -2.34. The van der Waals surface area contributed by atoms with Crippen molar-refractivity contribution in [3.05, 3.63) is 60.2 Å². The van der Waals surface area contributed by atoms with Crippen LogP contribution < -0.4 is 10.2 Å². The fraction of sp³-hybridized carbons (Fsp3) is 0.429. The smallest absolute Gasteiger partial charge is 0.257 e. The first-order valence-corrected chi connectivity index (χ1v) is 12.0. The molecule has 0 bridgehead atoms. The van der Waals surface area contributed by atoms with Crippen molar-refractivity contribution in [2.75, 3.05) is 10.2 Å². The normalized spacial score (nSPS) is 21.5. The Labute approximate surface area is 206 Å². The van der Waals surface area contributed by atoms with Crippen molar-refractivity contribution in [2.45, 2.75) is 60.0 Å². The van der Waals surface area contributed by atoms with Crippen molar-refractivity contribution in [1.29, 1.82) is 0 Å². The lowest BCUT2D eigenvalue weighted by atomic mass is 10.0. The Morgan fingerprint density at radius 2 is 1.54 bits per heavy atom. The van der Waals surface area contributed by atoms with Gasteiger partial charge in [0.25, 0.3) is 5.91 Å². The van der Waals surface area contributed by atoms with Crippen LogP contribution in [-0.4, -0.2) is 34.6 Å². The fourth-order valence-electron chi connectivity index (χ4n) is 5.47. The SMILES string of the molecule is CC(=O)Nc1ccc(N2C(=O)CC(N(C(=O)C3C(C)(C)C3(C)C)C(C)c3ccccc3)C2=O)cc1. The molecule has 7 nitrogen and oxygen atoms in total. The first kappa shape index (κ1) is 24.6. The molecule has 2 aromatic rings. The lowest BCUT2D eigenvalue weighted by Crippen LogP contribution is -2.48. The van der Waals surface area contributed by atoms with Crippen LogP contribution in [-0.2, 0) is 19.2 Å². The van der Waals surface area contributed by atoms with Crippen LogP contribution in [0.15, 0.2) is 54.6 Å². The molecule has 2 aliphatic rings. The van der Waals surface area contributed by atoms with E-state index in [1.54, 1.807) is 29.2 Å². The summed E-state index contributed by atoms with van der Waals surface area (Å²) < 4.78 is 0. The second kappa shape index (κ2) is 8.63. The molecule has 0 radical (unpaired) electrons. The third kappa shape index (κ3) is 4.13. The van der Waals surface area contributed by atoms with E-state index in [0.29, 0.717) is 11.4 Å². The minimum absolute atomic E-state index is 0.0667. The summed E-state index contributed by atoms with van der Waals surface area (Å²) in [6.07, 6.45) is -0.0667. The minimum atomic E-state index is -0.882. The predicted molar refractivity (Wildman–Crippen MR) is 134 cm³/mol. The van der Waals surface area contributed by atoms with Crippen LogP contribution in [0.2, 0.25) is 0 Å². The Hall–Kier alpha value is -3.48. The first-order chi connectivity index (χ1) is 16.4. The van der Waals surface area contributed by atoms with Gasteiger partial charge in [0.05, 0.1) is 18.2 Å². The van der Waals surface area contributed by atoms with E-state index in [1.807, 2.05) is 37.3 Å². The van der Waals surface area contributed by atoms with Crippen molar-refractivity contribution >= 4 is 35.0 Å². The van der Waals surface area contributed by atoms with Gasteiger partial charge in [0, 0.05) is 18.5 Å². The molecule has 1 N–H and O–H groups in total. The number of amides is 4. The number of carbonyl (C=O) groups excluding carboxylic acids is 4. The van der Waals surface area contributed by atoms with E-state index >= 15 is 0 Å². The van der Waals surface area contributed by atoms with Gasteiger partial charge in [-0.3, -0.25) is 19.2 Å². The second-order valence-electron chi connectivity index (χ2n) is 10.7. The molecule has 1 saturated carbocycles. The highest BCUT2D eigenvalue weighted by atomic mass is 16.2. The van der Waals surface area contributed by atoms with Gasteiger partial charge in [0.2, 0.25) is 17.7 Å². The number of carbonyl (C=O) groups is 4. The summed E-state index contributed by atoms with van der Waals surface area (Å²) in [5.74, 6) is -1.30. The van der Waals surface area contributed by atoms with Crippen LogP contribution in [0.5, 0.6) is 0 Å². The maximum Gasteiger partial charge on any atom is 0.257 e. The van der Waals surface area contributed by atoms with Gasteiger partial charge in [-0.2, -0.15) is 0 Å². The summed E-state index contributed by atoms with van der Waals surface area (Å²) in [6.45, 7) is 11.6. The Bertz CT molecular complexity index is 1160. The van der Waals surface area contributed by atoms with Crippen LogP contribution in [0.25, 0.3) is 0 Å². The van der Waals surface area contributed by atoms with Gasteiger partial charge in [0.15, 0.2) is 0 Å². The maximum absolute atomic E-state index is 14.0. The van der Waals surface area contributed by atoms with Crippen LogP contribution in [0.4, 0.5) is 11.4 Å². The lowest BCUT2D eigenvalue weighted by molar-refractivity contribution is -0.143. The molecule has 4 rings (SSSR count). The van der Waals surface area contributed by atoms with Crippen molar-refractivity contribution < 1.29 is 19.2 Å². The van der Waals surface area contributed by atoms with E-state index < -0.39 is 11.9 Å². The summed E-state index contributed by atoms with van der Waals surface area (Å²) in [7, 11) is 0. The van der Waals surface area contributed by atoms with Gasteiger partial charge in [-0.25, -0.2) is 4.90 Å². The quantitative estimate of drug-likeness (QED) is 0.621. The summed E-state index contributed by atoms with van der Waals surface area (Å²) >= 11 is 0. The van der Waals surface area contributed by atoms with Gasteiger partial charge < -0.3 is 10.2 Å². The van der Waals surface area contributed by atoms with Gasteiger partial charge in [0.1, 0.15) is 6.04 Å². The molecule has 2 aromatic carbocycles. The van der Waals surface area contributed by atoms with Crippen molar-refractivity contribution in [3.8, 4) is 0 Å². The van der Waals surface area contributed by atoms with E-state index in [2.05, 4.69) is 33.0 Å². The summed E-state index contributed by atoms with van der Waals surface area (Å²) in [5.41, 5.74) is 1.50. The Balaban J connectivity index is 1.67. The molecule has 2 unspecified atom stereocenters. The van der Waals surface area contributed by atoms with E-state index in [0.717, 1.165) is 10.5 Å². The molecule has 2 atom stereocenters. The number of hydrogen-bond acceptors (Lipinski definition) is 4. The van der Waals surface area contributed by atoms with Crippen molar-refractivity contribution in [3.63, 3.8) is 0 Å². The highest BCUT2D eigenvalue weighted by Crippen LogP contribution is 2.69. The number of hydrogen-bond donors (Lipinski definition) is 1. The van der Waals surface area contributed by atoms with Gasteiger partial charge in [-0.05, 0) is 47.6 Å². The number of benzene rings is 2. The van der Waals surface area contributed by atoms with Crippen molar-refractivity contribution in [1.82, 2.24) is 4.90 Å². The Morgan fingerprint density at radius 3 is 2.06 bits per heavy atom. The molecular weight excluding hydrogens is 442 g/mol.